The number of hydrogen-bond acceptors (Lipinski definition) is 2. The number of primary amides is 1. The van der Waals surface area contributed by atoms with Gasteiger partial charge in [-0.2, -0.15) is 0 Å². The lowest BCUT2D eigenvalue weighted by Gasteiger charge is -2.16. The van der Waals surface area contributed by atoms with Gasteiger partial charge in [-0.05, 0) is 23.3 Å². The second-order valence-electron chi connectivity index (χ2n) is 4.26. The van der Waals surface area contributed by atoms with E-state index in [4.69, 9.17) is 5.73 Å². The fraction of sp³-hybridized carbons (Fsp3) is 0.133. The first-order chi connectivity index (χ1) is 9.16. The number of nitrogens with two attached hydrogens (primary N) is 1. The van der Waals surface area contributed by atoms with Crippen LogP contribution in [0.2, 0.25) is 0 Å². The molecular weight excluding hydrogens is 304 g/mol. The SMILES string of the molecule is NC(=O)C(NCc1ccccc1)c1cccc(Br)c1. The molecule has 0 saturated heterocycles. The Hall–Kier alpha value is -1.65. The molecule has 0 heterocycles. The maximum atomic E-state index is 11.6. The van der Waals surface area contributed by atoms with Crippen LogP contribution in [0.25, 0.3) is 0 Å². The van der Waals surface area contributed by atoms with E-state index in [1.54, 1.807) is 0 Å². The van der Waals surface area contributed by atoms with Gasteiger partial charge in [0.1, 0.15) is 6.04 Å². The van der Waals surface area contributed by atoms with Gasteiger partial charge in [-0.15, -0.1) is 0 Å². The van der Waals surface area contributed by atoms with Crippen molar-refractivity contribution in [2.45, 2.75) is 12.6 Å². The summed E-state index contributed by atoms with van der Waals surface area (Å²) < 4.78 is 0.928. The van der Waals surface area contributed by atoms with Crippen LogP contribution in [0.3, 0.4) is 0 Å². The number of rotatable bonds is 5. The van der Waals surface area contributed by atoms with Crippen molar-refractivity contribution < 1.29 is 4.79 Å². The topological polar surface area (TPSA) is 55.1 Å². The summed E-state index contributed by atoms with van der Waals surface area (Å²) in [7, 11) is 0. The van der Waals surface area contributed by atoms with Gasteiger partial charge in [0.05, 0.1) is 0 Å². The standard InChI is InChI=1S/C15H15BrN2O/c16-13-8-4-7-12(9-13)14(15(17)19)18-10-11-5-2-1-3-6-11/h1-9,14,18H,10H2,(H2,17,19). The first kappa shape index (κ1) is 13.8. The van der Waals surface area contributed by atoms with Crippen LogP contribution in [0.1, 0.15) is 17.2 Å². The number of carbonyl (C=O) groups is 1. The molecule has 98 valence electrons. The van der Waals surface area contributed by atoms with Gasteiger partial charge in [-0.1, -0.05) is 58.4 Å². The highest BCUT2D eigenvalue weighted by atomic mass is 79.9. The fourth-order valence-electron chi connectivity index (χ4n) is 1.88. The quantitative estimate of drug-likeness (QED) is 0.890. The van der Waals surface area contributed by atoms with E-state index in [0.717, 1.165) is 15.6 Å². The Morgan fingerprint density at radius 1 is 1.16 bits per heavy atom. The molecule has 19 heavy (non-hydrogen) atoms. The highest BCUT2D eigenvalue weighted by Crippen LogP contribution is 2.18. The van der Waals surface area contributed by atoms with Crippen molar-refractivity contribution in [1.82, 2.24) is 5.32 Å². The Kier molecular flexibility index (Phi) is 4.71. The predicted octanol–water partition coefficient (Wildman–Crippen LogP) is 2.77. The van der Waals surface area contributed by atoms with Crippen molar-refractivity contribution in [3.8, 4) is 0 Å². The number of halogens is 1. The zero-order chi connectivity index (χ0) is 13.7. The summed E-state index contributed by atoms with van der Waals surface area (Å²) in [6.45, 7) is 0.598. The van der Waals surface area contributed by atoms with Crippen molar-refractivity contribution in [2.75, 3.05) is 0 Å². The number of benzene rings is 2. The van der Waals surface area contributed by atoms with E-state index >= 15 is 0 Å². The second-order valence-corrected chi connectivity index (χ2v) is 5.17. The van der Waals surface area contributed by atoms with Crippen LogP contribution < -0.4 is 11.1 Å². The molecule has 1 amide bonds. The maximum absolute atomic E-state index is 11.6. The molecule has 0 aliphatic rings. The molecule has 2 rings (SSSR count). The van der Waals surface area contributed by atoms with Gasteiger partial charge >= 0.3 is 0 Å². The molecule has 1 unspecified atom stereocenters. The molecule has 2 aromatic rings. The third-order valence-electron chi connectivity index (χ3n) is 2.82. The minimum absolute atomic E-state index is 0.381. The summed E-state index contributed by atoms with van der Waals surface area (Å²) in [5.41, 5.74) is 7.44. The minimum atomic E-state index is -0.488. The van der Waals surface area contributed by atoms with E-state index in [9.17, 15) is 4.79 Å². The van der Waals surface area contributed by atoms with E-state index in [-0.39, 0.29) is 5.91 Å². The van der Waals surface area contributed by atoms with Crippen LogP contribution in [0.5, 0.6) is 0 Å². The van der Waals surface area contributed by atoms with E-state index in [0.29, 0.717) is 6.54 Å². The third-order valence-corrected chi connectivity index (χ3v) is 3.31. The zero-order valence-corrected chi connectivity index (χ0v) is 11.9. The van der Waals surface area contributed by atoms with E-state index in [1.807, 2.05) is 54.6 Å². The highest BCUT2D eigenvalue weighted by molar-refractivity contribution is 9.10. The fourth-order valence-corrected chi connectivity index (χ4v) is 2.30. The lowest BCUT2D eigenvalue weighted by Crippen LogP contribution is -2.33. The van der Waals surface area contributed by atoms with Gasteiger partial charge in [-0.3, -0.25) is 10.1 Å². The Morgan fingerprint density at radius 2 is 1.89 bits per heavy atom. The molecule has 0 radical (unpaired) electrons. The molecule has 0 fully saturated rings. The molecule has 0 aromatic heterocycles. The molecule has 0 saturated carbocycles. The molecule has 0 aliphatic heterocycles. The highest BCUT2D eigenvalue weighted by Gasteiger charge is 2.17. The van der Waals surface area contributed by atoms with Crippen molar-refractivity contribution in [2.24, 2.45) is 5.73 Å². The van der Waals surface area contributed by atoms with Crippen LogP contribution in [0, 0.1) is 0 Å². The Balaban J connectivity index is 2.11. The normalized spacial score (nSPS) is 12.1. The lowest BCUT2D eigenvalue weighted by molar-refractivity contribution is -0.120. The lowest BCUT2D eigenvalue weighted by atomic mass is 10.1. The third kappa shape index (κ3) is 3.91. The summed E-state index contributed by atoms with van der Waals surface area (Å²) in [5, 5.41) is 3.18. The first-order valence-electron chi connectivity index (χ1n) is 5.99. The van der Waals surface area contributed by atoms with Gasteiger partial charge < -0.3 is 5.73 Å². The van der Waals surface area contributed by atoms with Gasteiger partial charge in [0, 0.05) is 11.0 Å². The zero-order valence-electron chi connectivity index (χ0n) is 10.3. The van der Waals surface area contributed by atoms with E-state index < -0.39 is 6.04 Å². The molecule has 1 atom stereocenters. The molecular formula is C15H15BrN2O. The summed E-state index contributed by atoms with van der Waals surface area (Å²) in [6, 6.07) is 17.0. The van der Waals surface area contributed by atoms with Crippen LogP contribution >= 0.6 is 15.9 Å². The Morgan fingerprint density at radius 3 is 2.53 bits per heavy atom. The second kappa shape index (κ2) is 6.50. The van der Waals surface area contributed by atoms with E-state index in [1.165, 1.54) is 0 Å². The minimum Gasteiger partial charge on any atom is -0.368 e. The number of carbonyl (C=O) groups excluding carboxylic acids is 1. The maximum Gasteiger partial charge on any atom is 0.239 e. The average molecular weight is 319 g/mol. The van der Waals surface area contributed by atoms with Gasteiger partial charge in [-0.25, -0.2) is 0 Å². The summed E-state index contributed by atoms with van der Waals surface area (Å²) >= 11 is 3.40. The van der Waals surface area contributed by atoms with Crippen molar-refractivity contribution >= 4 is 21.8 Å². The van der Waals surface area contributed by atoms with Crippen LogP contribution in [0.15, 0.2) is 59.1 Å². The molecule has 0 spiro atoms. The molecule has 0 aliphatic carbocycles. The van der Waals surface area contributed by atoms with Crippen molar-refractivity contribution in [1.29, 1.82) is 0 Å². The van der Waals surface area contributed by atoms with Gasteiger partial charge in [0.15, 0.2) is 0 Å². The molecule has 3 N–H and O–H groups in total. The Bertz CT molecular complexity index is 557. The molecule has 3 nitrogen and oxygen atoms in total. The number of amides is 1. The van der Waals surface area contributed by atoms with Crippen LogP contribution in [0.4, 0.5) is 0 Å². The average Bonchev–Trinajstić information content (AvgIpc) is 2.40. The van der Waals surface area contributed by atoms with Crippen molar-refractivity contribution in [3.63, 3.8) is 0 Å². The molecule has 4 heteroatoms. The first-order valence-corrected chi connectivity index (χ1v) is 6.78. The van der Waals surface area contributed by atoms with Gasteiger partial charge in [0.25, 0.3) is 0 Å². The van der Waals surface area contributed by atoms with Gasteiger partial charge in [0.2, 0.25) is 5.91 Å². The predicted molar refractivity (Wildman–Crippen MR) is 79.4 cm³/mol. The summed E-state index contributed by atoms with van der Waals surface area (Å²) in [6.07, 6.45) is 0. The Labute approximate surface area is 121 Å². The molecule has 2 aromatic carbocycles. The van der Waals surface area contributed by atoms with Crippen LogP contribution in [-0.2, 0) is 11.3 Å². The largest absolute Gasteiger partial charge is 0.368 e. The van der Waals surface area contributed by atoms with Crippen LogP contribution in [-0.4, -0.2) is 5.91 Å². The summed E-state index contributed by atoms with van der Waals surface area (Å²) in [4.78, 5) is 11.6. The van der Waals surface area contributed by atoms with E-state index in [2.05, 4.69) is 21.2 Å². The number of hydrogen-bond donors (Lipinski definition) is 2. The monoisotopic (exact) mass is 318 g/mol. The summed E-state index contributed by atoms with van der Waals surface area (Å²) in [5.74, 6) is -0.381. The van der Waals surface area contributed by atoms with Crippen molar-refractivity contribution in [3.05, 3.63) is 70.2 Å². The number of nitrogens with one attached hydrogen (secondary N) is 1. The smallest absolute Gasteiger partial charge is 0.239 e. The molecule has 0 bridgehead atoms.